The zero-order valence-corrected chi connectivity index (χ0v) is 16.1. The van der Waals surface area contributed by atoms with Crippen LogP contribution in [0.3, 0.4) is 0 Å². The molecule has 9 heteroatoms. The third-order valence-corrected chi connectivity index (χ3v) is 3.97. The van der Waals surface area contributed by atoms with Gasteiger partial charge in [0.1, 0.15) is 22.9 Å². The van der Waals surface area contributed by atoms with E-state index in [1.165, 1.54) is 0 Å². The lowest BCUT2D eigenvalue weighted by molar-refractivity contribution is 0.416. The number of aryl methyl sites for hydroxylation is 1. The Morgan fingerprint density at radius 1 is 1.00 bits per heavy atom. The molecular weight excluding hydrogens is 358 g/mol. The molecular formula is C19H21N7O2. The molecule has 0 spiro atoms. The van der Waals surface area contributed by atoms with Crippen LogP contribution in [0, 0.1) is 6.92 Å². The summed E-state index contributed by atoms with van der Waals surface area (Å²) in [5.74, 6) is 0.964. The third kappa shape index (κ3) is 4.32. The molecule has 0 radical (unpaired) electrons. The highest BCUT2D eigenvalue weighted by molar-refractivity contribution is 5.64. The maximum Gasteiger partial charge on any atom is 0.246 e. The number of imidazole rings is 1. The molecule has 0 saturated carbocycles. The summed E-state index contributed by atoms with van der Waals surface area (Å²) in [6.07, 6.45) is 3.27. The first-order valence-corrected chi connectivity index (χ1v) is 8.49. The average molecular weight is 379 g/mol. The van der Waals surface area contributed by atoms with Gasteiger partial charge in [-0.15, -0.1) is 15.3 Å². The van der Waals surface area contributed by atoms with E-state index in [0.717, 1.165) is 11.3 Å². The molecule has 0 amide bonds. The number of phenols is 1. The summed E-state index contributed by atoms with van der Waals surface area (Å²) in [5, 5.41) is 26.8. The Kier molecular flexibility index (Phi) is 5.64. The number of nitrogens with zero attached hydrogens (tertiary/aromatic N) is 6. The fourth-order valence-corrected chi connectivity index (χ4v) is 2.41. The van der Waals surface area contributed by atoms with Crippen molar-refractivity contribution in [2.45, 2.75) is 6.92 Å². The monoisotopic (exact) mass is 379 g/mol. The molecule has 3 rings (SSSR count). The van der Waals surface area contributed by atoms with Crippen LogP contribution in [0.15, 0.2) is 63.2 Å². The summed E-state index contributed by atoms with van der Waals surface area (Å²) in [6.45, 7) is 1.88. The standard InChI is InChI=1S/C19H21N7O2/c1-12-9-16(24-25-19-20-7-8-21-19)18(28-4)11-15(12)23-22-14-6-5-13(26(2)3)10-17(14)27/h5-11,27H,1-4H3,(H,20,21). The summed E-state index contributed by atoms with van der Waals surface area (Å²) in [5.41, 5.74) is 3.24. The van der Waals surface area contributed by atoms with Crippen molar-refractivity contribution in [1.29, 1.82) is 0 Å². The van der Waals surface area contributed by atoms with Gasteiger partial charge in [0.15, 0.2) is 0 Å². The number of nitrogens with one attached hydrogen (secondary N) is 1. The minimum Gasteiger partial charge on any atom is -0.506 e. The smallest absolute Gasteiger partial charge is 0.246 e. The Bertz CT molecular complexity index is 1010. The van der Waals surface area contributed by atoms with Crippen molar-refractivity contribution in [2.24, 2.45) is 20.5 Å². The minimum absolute atomic E-state index is 0.0587. The lowest BCUT2D eigenvalue weighted by atomic mass is 10.1. The zero-order valence-electron chi connectivity index (χ0n) is 16.1. The molecule has 1 heterocycles. The molecule has 0 atom stereocenters. The molecule has 0 bridgehead atoms. The van der Waals surface area contributed by atoms with Crippen molar-refractivity contribution in [3.63, 3.8) is 0 Å². The van der Waals surface area contributed by atoms with Crippen LogP contribution >= 0.6 is 0 Å². The highest BCUT2D eigenvalue weighted by Crippen LogP contribution is 2.37. The fraction of sp³-hybridized carbons (Fsp3) is 0.211. The number of methoxy groups -OCH3 is 1. The quantitative estimate of drug-likeness (QED) is 0.564. The first-order valence-electron chi connectivity index (χ1n) is 8.49. The van der Waals surface area contributed by atoms with Gasteiger partial charge < -0.3 is 19.7 Å². The van der Waals surface area contributed by atoms with Gasteiger partial charge in [-0.1, -0.05) is 0 Å². The topological polar surface area (TPSA) is 111 Å². The summed E-state index contributed by atoms with van der Waals surface area (Å²) in [4.78, 5) is 8.75. The first-order chi connectivity index (χ1) is 13.5. The van der Waals surface area contributed by atoms with Crippen LogP contribution in [0.2, 0.25) is 0 Å². The first kappa shape index (κ1) is 19.0. The number of H-pyrrole nitrogens is 1. The molecule has 3 aromatic rings. The Hall–Kier alpha value is -3.75. The van der Waals surface area contributed by atoms with Crippen molar-refractivity contribution >= 4 is 28.7 Å². The van der Waals surface area contributed by atoms with E-state index in [1.54, 1.807) is 43.8 Å². The summed E-state index contributed by atoms with van der Waals surface area (Å²) >= 11 is 0. The van der Waals surface area contributed by atoms with Gasteiger partial charge in [-0.05, 0) is 30.7 Å². The fourth-order valence-electron chi connectivity index (χ4n) is 2.41. The lowest BCUT2D eigenvalue weighted by Gasteiger charge is -2.12. The number of phenolic OH excluding ortho intramolecular Hbond substituents is 1. The second-order valence-corrected chi connectivity index (χ2v) is 6.19. The van der Waals surface area contributed by atoms with Crippen molar-refractivity contribution in [1.82, 2.24) is 9.97 Å². The van der Waals surface area contributed by atoms with Crippen molar-refractivity contribution in [3.05, 3.63) is 48.3 Å². The van der Waals surface area contributed by atoms with Crippen molar-refractivity contribution < 1.29 is 9.84 Å². The van der Waals surface area contributed by atoms with Gasteiger partial charge in [0.2, 0.25) is 5.95 Å². The largest absolute Gasteiger partial charge is 0.506 e. The number of benzene rings is 2. The molecule has 0 aliphatic heterocycles. The number of rotatable bonds is 6. The van der Waals surface area contributed by atoms with Crippen molar-refractivity contribution in [3.8, 4) is 11.5 Å². The van der Waals surface area contributed by atoms with E-state index in [9.17, 15) is 5.11 Å². The molecule has 144 valence electrons. The highest BCUT2D eigenvalue weighted by atomic mass is 16.5. The van der Waals surface area contributed by atoms with Gasteiger partial charge in [0.05, 0.1) is 12.8 Å². The molecule has 0 aliphatic carbocycles. The normalized spacial score (nSPS) is 11.4. The van der Waals surface area contributed by atoms with Crippen LogP contribution in [-0.2, 0) is 0 Å². The van der Waals surface area contributed by atoms with Gasteiger partial charge in [-0.25, -0.2) is 4.98 Å². The second-order valence-electron chi connectivity index (χ2n) is 6.19. The number of hydrogen-bond acceptors (Lipinski definition) is 8. The maximum absolute atomic E-state index is 10.2. The molecule has 28 heavy (non-hydrogen) atoms. The van der Waals surface area contributed by atoms with E-state index in [2.05, 4.69) is 30.4 Å². The van der Waals surface area contributed by atoms with E-state index in [-0.39, 0.29) is 5.75 Å². The second kappa shape index (κ2) is 8.30. The zero-order chi connectivity index (χ0) is 20.1. The van der Waals surface area contributed by atoms with Crippen LogP contribution in [-0.4, -0.2) is 36.3 Å². The van der Waals surface area contributed by atoms with E-state index < -0.39 is 0 Å². The number of hydrogen-bond donors (Lipinski definition) is 2. The molecule has 9 nitrogen and oxygen atoms in total. The van der Waals surface area contributed by atoms with Crippen LogP contribution < -0.4 is 9.64 Å². The van der Waals surface area contributed by atoms with E-state index in [1.807, 2.05) is 32.0 Å². The van der Waals surface area contributed by atoms with Gasteiger partial charge in [-0.2, -0.15) is 5.11 Å². The molecule has 0 fully saturated rings. The predicted molar refractivity (Wildman–Crippen MR) is 107 cm³/mol. The summed E-state index contributed by atoms with van der Waals surface area (Å²) < 4.78 is 5.39. The molecule has 2 N–H and O–H groups in total. The van der Waals surface area contributed by atoms with Crippen LogP contribution in [0.4, 0.5) is 28.7 Å². The third-order valence-electron chi connectivity index (χ3n) is 3.97. The predicted octanol–water partition coefficient (Wildman–Crippen LogP) is 5.33. The average Bonchev–Trinajstić information content (AvgIpc) is 3.19. The highest BCUT2D eigenvalue weighted by Gasteiger charge is 2.09. The van der Waals surface area contributed by atoms with Gasteiger partial charge in [0.25, 0.3) is 0 Å². The number of azo groups is 2. The number of aromatic amines is 1. The van der Waals surface area contributed by atoms with Crippen LogP contribution in [0.1, 0.15) is 5.56 Å². The molecule has 2 aromatic carbocycles. The minimum atomic E-state index is 0.0587. The Morgan fingerprint density at radius 3 is 2.39 bits per heavy atom. The number of aromatic hydroxyl groups is 1. The van der Waals surface area contributed by atoms with E-state index in [0.29, 0.717) is 28.8 Å². The van der Waals surface area contributed by atoms with E-state index >= 15 is 0 Å². The Morgan fingerprint density at radius 2 is 1.75 bits per heavy atom. The van der Waals surface area contributed by atoms with Gasteiger partial charge in [0, 0.05) is 44.3 Å². The molecule has 0 saturated heterocycles. The Labute approximate surface area is 162 Å². The SMILES string of the molecule is COc1cc(N=Nc2ccc(N(C)C)cc2O)c(C)cc1N=Nc1ncc[nH]1. The summed E-state index contributed by atoms with van der Waals surface area (Å²) in [6, 6.07) is 8.74. The lowest BCUT2D eigenvalue weighted by Crippen LogP contribution is -2.07. The number of anilines is 1. The van der Waals surface area contributed by atoms with Gasteiger partial charge >= 0.3 is 0 Å². The summed E-state index contributed by atoms with van der Waals surface area (Å²) in [7, 11) is 5.34. The van der Waals surface area contributed by atoms with Crippen molar-refractivity contribution in [2.75, 3.05) is 26.1 Å². The number of ether oxygens (including phenoxy) is 1. The Balaban J connectivity index is 1.87. The van der Waals surface area contributed by atoms with Crippen LogP contribution in [0.25, 0.3) is 0 Å². The van der Waals surface area contributed by atoms with Crippen LogP contribution in [0.5, 0.6) is 11.5 Å². The molecule has 0 aliphatic rings. The van der Waals surface area contributed by atoms with Gasteiger partial charge in [-0.3, -0.25) is 0 Å². The maximum atomic E-state index is 10.2. The molecule has 0 unspecified atom stereocenters. The van der Waals surface area contributed by atoms with E-state index in [4.69, 9.17) is 4.74 Å². The molecule has 1 aromatic heterocycles. The number of aromatic nitrogens is 2.